The van der Waals surface area contributed by atoms with E-state index < -0.39 is 12.1 Å². The molecule has 86 valence electrons. The Morgan fingerprint density at radius 3 is 2.75 bits per heavy atom. The third kappa shape index (κ3) is 2.25. The Labute approximate surface area is 91.7 Å². The topological polar surface area (TPSA) is 71.9 Å². The van der Waals surface area contributed by atoms with E-state index in [2.05, 4.69) is 4.98 Å². The zero-order chi connectivity index (χ0) is 12.1. The van der Waals surface area contributed by atoms with Crippen molar-refractivity contribution in [2.24, 2.45) is 5.73 Å². The number of rotatable bonds is 4. The van der Waals surface area contributed by atoms with Crippen LogP contribution in [0.5, 0.6) is 5.75 Å². The molecule has 0 spiro atoms. The Morgan fingerprint density at radius 1 is 1.62 bits per heavy atom. The first-order valence-electron chi connectivity index (χ1n) is 4.55. The van der Waals surface area contributed by atoms with Gasteiger partial charge in [-0.05, 0) is 5.56 Å². The minimum absolute atomic E-state index is 0.0229. The highest BCUT2D eigenvalue weighted by molar-refractivity contribution is 5.43. The summed E-state index contributed by atoms with van der Waals surface area (Å²) in [6, 6.07) is 1.92. The number of hydrogen-bond acceptors (Lipinski definition) is 4. The Kier molecular flexibility index (Phi) is 4.14. The van der Waals surface area contributed by atoms with Crippen LogP contribution in [0.1, 0.15) is 23.2 Å². The SMILES string of the molecule is COc1c(C(F)F)ncc(CC#N)c1CN. The maximum atomic E-state index is 12.6. The van der Waals surface area contributed by atoms with Crippen LogP contribution < -0.4 is 10.5 Å². The number of nitriles is 1. The van der Waals surface area contributed by atoms with Crippen LogP contribution in [0.15, 0.2) is 6.20 Å². The predicted octanol–water partition coefficient (Wildman–Crippen LogP) is 1.55. The number of pyridine rings is 1. The number of nitrogens with zero attached hydrogens (tertiary/aromatic N) is 2. The second-order valence-corrected chi connectivity index (χ2v) is 3.02. The molecule has 0 radical (unpaired) electrons. The van der Waals surface area contributed by atoms with Crippen molar-refractivity contribution in [1.82, 2.24) is 4.98 Å². The molecule has 0 saturated carbocycles. The number of alkyl halides is 2. The van der Waals surface area contributed by atoms with E-state index >= 15 is 0 Å². The van der Waals surface area contributed by atoms with Crippen molar-refractivity contribution < 1.29 is 13.5 Å². The highest BCUT2D eigenvalue weighted by Gasteiger charge is 2.20. The van der Waals surface area contributed by atoms with Gasteiger partial charge in [0, 0.05) is 18.3 Å². The van der Waals surface area contributed by atoms with E-state index in [9.17, 15) is 8.78 Å². The summed E-state index contributed by atoms with van der Waals surface area (Å²) in [5.74, 6) is -0.0229. The van der Waals surface area contributed by atoms with Gasteiger partial charge in [-0.25, -0.2) is 8.78 Å². The van der Waals surface area contributed by atoms with Crippen LogP contribution in [-0.4, -0.2) is 12.1 Å². The van der Waals surface area contributed by atoms with E-state index in [1.54, 1.807) is 0 Å². The Balaban J connectivity index is 3.35. The van der Waals surface area contributed by atoms with Gasteiger partial charge < -0.3 is 10.5 Å². The normalized spacial score (nSPS) is 10.2. The quantitative estimate of drug-likeness (QED) is 0.847. The molecule has 0 aliphatic carbocycles. The molecule has 0 fully saturated rings. The van der Waals surface area contributed by atoms with Crippen LogP contribution in [0.4, 0.5) is 8.78 Å². The molecule has 2 N–H and O–H groups in total. The van der Waals surface area contributed by atoms with Gasteiger partial charge in [0.05, 0.1) is 19.6 Å². The zero-order valence-electron chi connectivity index (χ0n) is 8.70. The molecule has 1 aromatic rings. The first-order valence-corrected chi connectivity index (χ1v) is 4.55. The highest BCUT2D eigenvalue weighted by atomic mass is 19.3. The van der Waals surface area contributed by atoms with Gasteiger partial charge in [0.15, 0.2) is 5.75 Å². The number of methoxy groups -OCH3 is 1. The molecule has 0 aliphatic rings. The molecule has 4 nitrogen and oxygen atoms in total. The van der Waals surface area contributed by atoms with Crippen molar-refractivity contribution in [3.8, 4) is 11.8 Å². The van der Waals surface area contributed by atoms with Crippen LogP contribution in [0.25, 0.3) is 0 Å². The second-order valence-electron chi connectivity index (χ2n) is 3.02. The van der Waals surface area contributed by atoms with Crippen LogP contribution in [0, 0.1) is 11.3 Å². The minimum atomic E-state index is -2.73. The lowest BCUT2D eigenvalue weighted by Crippen LogP contribution is -2.08. The Hall–Kier alpha value is -1.74. The number of hydrogen-bond donors (Lipinski definition) is 1. The fourth-order valence-electron chi connectivity index (χ4n) is 1.43. The largest absolute Gasteiger partial charge is 0.494 e. The second kappa shape index (κ2) is 5.37. The summed E-state index contributed by atoms with van der Waals surface area (Å²) >= 11 is 0. The lowest BCUT2D eigenvalue weighted by Gasteiger charge is -2.13. The standard InChI is InChI=1S/C10H11F2N3O/c1-16-9-7(4-14)6(2-3-13)5-15-8(9)10(11)12/h5,10H,2,4,14H2,1H3. The van der Waals surface area contributed by atoms with E-state index in [4.69, 9.17) is 15.7 Å². The third-order valence-corrected chi connectivity index (χ3v) is 2.14. The minimum Gasteiger partial charge on any atom is -0.494 e. The van der Waals surface area contributed by atoms with Crippen molar-refractivity contribution in [2.45, 2.75) is 19.4 Å². The average molecular weight is 227 g/mol. The van der Waals surface area contributed by atoms with Gasteiger partial charge >= 0.3 is 0 Å². The fourth-order valence-corrected chi connectivity index (χ4v) is 1.43. The van der Waals surface area contributed by atoms with Crippen molar-refractivity contribution >= 4 is 0 Å². The molecule has 0 unspecified atom stereocenters. The molecule has 16 heavy (non-hydrogen) atoms. The Bertz CT molecular complexity index is 415. The summed E-state index contributed by atoms with van der Waals surface area (Å²) in [7, 11) is 1.28. The molecule has 0 aromatic carbocycles. The van der Waals surface area contributed by atoms with Crippen molar-refractivity contribution in [3.63, 3.8) is 0 Å². The molecule has 6 heteroatoms. The van der Waals surface area contributed by atoms with Gasteiger partial charge in [0.2, 0.25) is 0 Å². The molecule has 0 bridgehead atoms. The lowest BCUT2D eigenvalue weighted by atomic mass is 10.1. The summed E-state index contributed by atoms with van der Waals surface area (Å²) in [6.07, 6.45) is -1.41. The molecule has 0 atom stereocenters. The van der Waals surface area contributed by atoms with Gasteiger partial charge in [-0.3, -0.25) is 4.98 Å². The van der Waals surface area contributed by atoms with Crippen LogP contribution in [0.3, 0.4) is 0 Å². The van der Waals surface area contributed by atoms with Crippen molar-refractivity contribution in [3.05, 3.63) is 23.0 Å². The van der Waals surface area contributed by atoms with E-state index in [0.717, 1.165) is 0 Å². The number of ether oxygens (including phenoxy) is 1. The number of aromatic nitrogens is 1. The first kappa shape index (κ1) is 12.3. The van der Waals surface area contributed by atoms with E-state index in [1.807, 2.05) is 6.07 Å². The van der Waals surface area contributed by atoms with Gasteiger partial charge in [-0.2, -0.15) is 5.26 Å². The maximum absolute atomic E-state index is 12.6. The van der Waals surface area contributed by atoms with Gasteiger partial charge in [0.25, 0.3) is 6.43 Å². The van der Waals surface area contributed by atoms with Gasteiger partial charge in [0.1, 0.15) is 5.69 Å². The summed E-state index contributed by atoms with van der Waals surface area (Å²) in [4.78, 5) is 3.59. The monoisotopic (exact) mass is 227 g/mol. The molecule has 1 heterocycles. The number of nitrogens with two attached hydrogens (primary N) is 1. The van der Waals surface area contributed by atoms with Gasteiger partial charge in [-0.15, -0.1) is 0 Å². The zero-order valence-corrected chi connectivity index (χ0v) is 8.70. The molecule has 0 saturated heterocycles. The van der Waals surface area contributed by atoms with E-state index in [-0.39, 0.29) is 18.7 Å². The van der Waals surface area contributed by atoms with E-state index in [0.29, 0.717) is 11.1 Å². The van der Waals surface area contributed by atoms with E-state index in [1.165, 1.54) is 13.3 Å². The van der Waals surface area contributed by atoms with Crippen LogP contribution >= 0.6 is 0 Å². The van der Waals surface area contributed by atoms with Crippen molar-refractivity contribution in [1.29, 1.82) is 5.26 Å². The Morgan fingerprint density at radius 2 is 2.31 bits per heavy atom. The summed E-state index contributed by atoms with van der Waals surface area (Å²) < 4.78 is 30.1. The van der Waals surface area contributed by atoms with Crippen molar-refractivity contribution in [2.75, 3.05) is 7.11 Å². The number of halogens is 2. The fraction of sp³-hybridized carbons (Fsp3) is 0.400. The first-order chi connectivity index (χ1) is 7.65. The summed E-state index contributed by atoms with van der Waals surface area (Å²) in [6.45, 7) is 0.0302. The third-order valence-electron chi connectivity index (χ3n) is 2.14. The molecular formula is C10H11F2N3O. The summed E-state index contributed by atoms with van der Waals surface area (Å²) in [5, 5.41) is 8.57. The summed E-state index contributed by atoms with van der Waals surface area (Å²) in [5.41, 5.74) is 5.96. The molecule has 1 rings (SSSR count). The van der Waals surface area contributed by atoms with Gasteiger partial charge in [-0.1, -0.05) is 0 Å². The predicted molar refractivity (Wildman–Crippen MR) is 53.0 cm³/mol. The smallest absolute Gasteiger partial charge is 0.284 e. The highest BCUT2D eigenvalue weighted by Crippen LogP contribution is 2.31. The van der Waals surface area contributed by atoms with Crippen LogP contribution in [-0.2, 0) is 13.0 Å². The molecule has 1 aromatic heterocycles. The van der Waals surface area contributed by atoms with Crippen LogP contribution in [0.2, 0.25) is 0 Å². The lowest BCUT2D eigenvalue weighted by molar-refractivity contribution is 0.141. The maximum Gasteiger partial charge on any atom is 0.284 e. The molecular weight excluding hydrogens is 216 g/mol. The molecule has 0 aliphatic heterocycles. The molecule has 0 amide bonds. The average Bonchev–Trinajstić information content (AvgIpc) is 2.28.